The number of aromatic nitrogens is 1. The summed E-state index contributed by atoms with van der Waals surface area (Å²) in [7, 11) is 0. The molecular weight excluding hydrogens is 350 g/mol. The standard InChI is InChI=1S/C19H23N3O3S/c1-2-25-19(24)14-6-4-8-22(11-14)17(23)10-16-12-26-18(21-16)13-5-3-7-15(20)9-13/h3,5,7,9,12,14H,2,4,6,8,10-11,20H2,1H3. The number of piperidine rings is 1. The summed E-state index contributed by atoms with van der Waals surface area (Å²) in [6.07, 6.45) is 1.84. The maximum absolute atomic E-state index is 12.6. The highest BCUT2D eigenvalue weighted by Gasteiger charge is 2.29. The molecule has 1 aromatic carbocycles. The van der Waals surface area contributed by atoms with Crippen LogP contribution >= 0.6 is 11.3 Å². The summed E-state index contributed by atoms with van der Waals surface area (Å²) in [6.45, 7) is 3.28. The van der Waals surface area contributed by atoms with Crippen molar-refractivity contribution in [1.29, 1.82) is 0 Å². The average Bonchev–Trinajstić information content (AvgIpc) is 3.10. The smallest absolute Gasteiger partial charge is 0.310 e. The van der Waals surface area contributed by atoms with Crippen molar-refractivity contribution in [3.63, 3.8) is 0 Å². The molecule has 0 bridgehead atoms. The van der Waals surface area contributed by atoms with E-state index in [1.165, 1.54) is 11.3 Å². The molecule has 1 aromatic heterocycles. The van der Waals surface area contributed by atoms with Crippen LogP contribution in [0.1, 0.15) is 25.5 Å². The van der Waals surface area contributed by atoms with E-state index in [1.807, 2.05) is 29.6 Å². The van der Waals surface area contributed by atoms with Crippen molar-refractivity contribution in [1.82, 2.24) is 9.88 Å². The predicted octanol–water partition coefficient (Wildman–Crippen LogP) is 2.74. The van der Waals surface area contributed by atoms with Crippen molar-refractivity contribution >= 4 is 28.9 Å². The number of hydrogen-bond donors (Lipinski definition) is 1. The molecule has 3 rings (SSSR count). The van der Waals surface area contributed by atoms with Gasteiger partial charge in [0, 0.05) is 29.7 Å². The summed E-state index contributed by atoms with van der Waals surface area (Å²) in [5, 5.41) is 2.76. The summed E-state index contributed by atoms with van der Waals surface area (Å²) < 4.78 is 5.09. The van der Waals surface area contributed by atoms with Crippen LogP contribution in [0, 0.1) is 5.92 Å². The Balaban J connectivity index is 1.62. The first-order valence-electron chi connectivity index (χ1n) is 8.81. The zero-order valence-electron chi connectivity index (χ0n) is 14.8. The molecule has 0 spiro atoms. The maximum atomic E-state index is 12.6. The third kappa shape index (κ3) is 4.40. The van der Waals surface area contributed by atoms with Gasteiger partial charge in [-0.1, -0.05) is 12.1 Å². The van der Waals surface area contributed by atoms with E-state index in [0.717, 1.165) is 29.1 Å². The number of nitrogens with zero attached hydrogens (tertiary/aromatic N) is 2. The molecule has 2 aromatic rings. The van der Waals surface area contributed by atoms with Gasteiger partial charge in [-0.25, -0.2) is 4.98 Å². The Morgan fingerprint density at radius 1 is 1.42 bits per heavy atom. The minimum atomic E-state index is -0.217. The Bertz CT molecular complexity index is 790. The molecule has 26 heavy (non-hydrogen) atoms. The van der Waals surface area contributed by atoms with Crippen molar-refractivity contribution in [3.8, 4) is 10.6 Å². The van der Waals surface area contributed by atoms with Crippen LogP contribution < -0.4 is 5.73 Å². The van der Waals surface area contributed by atoms with E-state index in [1.54, 1.807) is 11.8 Å². The van der Waals surface area contributed by atoms with E-state index in [2.05, 4.69) is 4.98 Å². The molecule has 2 heterocycles. The highest BCUT2D eigenvalue weighted by Crippen LogP contribution is 2.26. The number of thiazole rings is 1. The number of nitrogen functional groups attached to an aromatic ring is 1. The largest absolute Gasteiger partial charge is 0.466 e. The number of benzene rings is 1. The molecule has 0 saturated carbocycles. The minimum Gasteiger partial charge on any atom is -0.466 e. The maximum Gasteiger partial charge on any atom is 0.310 e. The van der Waals surface area contributed by atoms with Gasteiger partial charge < -0.3 is 15.4 Å². The summed E-state index contributed by atoms with van der Waals surface area (Å²) >= 11 is 1.50. The van der Waals surface area contributed by atoms with Gasteiger partial charge in [-0.2, -0.15) is 0 Å². The fourth-order valence-electron chi connectivity index (χ4n) is 3.12. The fraction of sp³-hybridized carbons (Fsp3) is 0.421. The highest BCUT2D eigenvalue weighted by molar-refractivity contribution is 7.13. The lowest BCUT2D eigenvalue weighted by molar-refractivity contribution is -0.151. The Morgan fingerprint density at radius 3 is 3.04 bits per heavy atom. The fourth-order valence-corrected chi connectivity index (χ4v) is 3.93. The van der Waals surface area contributed by atoms with Crippen molar-refractivity contribution in [3.05, 3.63) is 35.3 Å². The number of rotatable bonds is 5. The first-order chi connectivity index (χ1) is 12.6. The molecular formula is C19H23N3O3S. The third-order valence-corrected chi connectivity index (χ3v) is 5.35. The highest BCUT2D eigenvalue weighted by atomic mass is 32.1. The van der Waals surface area contributed by atoms with Crippen LogP contribution in [-0.2, 0) is 20.7 Å². The summed E-state index contributed by atoms with van der Waals surface area (Å²) in [6, 6.07) is 7.55. The lowest BCUT2D eigenvalue weighted by atomic mass is 9.98. The number of nitrogens with two attached hydrogens (primary N) is 1. The molecule has 7 heteroatoms. The summed E-state index contributed by atoms with van der Waals surface area (Å²) in [5.41, 5.74) is 8.21. The van der Waals surface area contributed by atoms with Gasteiger partial charge in [-0.05, 0) is 31.9 Å². The first-order valence-corrected chi connectivity index (χ1v) is 9.69. The average molecular weight is 373 g/mol. The SMILES string of the molecule is CCOC(=O)C1CCCN(C(=O)Cc2csc(-c3cccc(N)c3)n2)C1. The lowest BCUT2D eigenvalue weighted by Crippen LogP contribution is -2.43. The predicted molar refractivity (Wildman–Crippen MR) is 102 cm³/mol. The monoisotopic (exact) mass is 373 g/mol. The van der Waals surface area contributed by atoms with Crippen LogP contribution in [0.4, 0.5) is 5.69 Å². The second kappa shape index (κ2) is 8.31. The summed E-state index contributed by atoms with van der Waals surface area (Å²) in [4.78, 5) is 30.9. The molecule has 1 aliphatic heterocycles. The van der Waals surface area contributed by atoms with Crippen LogP contribution in [0.3, 0.4) is 0 Å². The first kappa shape index (κ1) is 18.4. The topological polar surface area (TPSA) is 85.5 Å². The normalized spacial score (nSPS) is 17.1. The number of hydrogen-bond acceptors (Lipinski definition) is 6. The molecule has 138 valence electrons. The number of amides is 1. The Morgan fingerprint density at radius 2 is 2.27 bits per heavy atom. The molecule has 1 saturated heterocycles. The van der Waals surface area contributed by atoms with Crippen molar-refractivity contribution in [2.24, 2.45) is 5.92 Å². The second-order valence-electron chi connectivity index (χ2n) is 6.38. The van der Waals surface area contributed by atoms with Crippen LogP contribution in [-0.4, -0.2) is 41.5 Å². The van der Waals surface area contributed by atoms with E-state index in [-0.39, 0.29) is 24.2 Å². The number of anilines is 1. The van der Waals surface area contributed by atoms with Gasteiger partial charge in [0.25, 0.3) is 0 Å². The Hall–Kier alpha value is -2.41. The van der Waals surface area contributed by atoms with Crippen LogP contribution in [0.2, 0.25) is 0 Å². The molecule has 0 radical (unpaired) electrons. The van der Waals surface area contributed by atoms with Crippen molar-refractivity contribution in [2.45, 2.75) is 26.2 Å². The molecule has 1 aliphatic rings. The number of carbonyl (C=O) groups is 2. The van der Waals surface area contributed by atoms with Crippen LogP contribution in [0.25, 0.3) is 10.6 Å². The number of ether oxygens (including phenoxy) is 1. The molecule has 6 nitrogen and oxygen atoms in total. The Kier molecular flexibility index (Phi) is 5.88. The quantitative estimate of drug-likeness (QED) is 0.643. The van der Waals surface area contributed by atoms with Crippen LogP contribution in [0.15, 0.2) is 29.6 Å². The number of carbonyl (C=O) groups excluding carboxylic acids is 2. The van der Waals surface area contributed by atoms with E-state index < -0.39 is 0 Å². The van der Waals surface area contributed by atoms with Gasteiger partial charge in [-0.3, -0.25) is 9.59 Å². The summed E-state index contributed by atoms with van der Waals surface area (Å²) in [5.74, 6) is -0.419. The van der Waals surface area contributed by atoms with Gasteiger partial charge in [-0.15, -0.1) is 11.3 Å². The molecule has 1 unspecified atom stereocenters. The van der Waals surface area contributed by atoms with E-state index in [0.29, 0.717) is 25.4 Å². The van der Waals surface area contributed by atoms with E-state index in [9.17, 15) is 9.59 Å². The van der Waals surface area contributed by atoms with Gasteiger partial charge in [0.1, 0.15) is 5.01 Å². The molecule has 1 fully saturated rings. The zero-order chi connectivity index (χ0) is 18.5. The third-order valence-electron chi connectivity index (χ3n) is 4.41. The number of esters is 1. The molecule has 1 amide bonds. The Labute approximate surface area is 157 Å². The van der Waals surface area contributed by atoms with E-state index >= 15 is 0 Å². The van der Waals surface area contributed by atoms with Crippen molar-refractivity contribution < 1.29 is 14.3 Å². The lowest BCUT2D eigenvalue weighted by Gasteiger charge is -2.31. The molecule has 0 aliphatic carbocycles. The van der Waals surface area contributed by atoms with Gasteiger partial charge in [0.15, 0.2) is 0 Å². The van der Waals surface area contributed by atoms with Crippen LogP contribution in [0.5, 0.6) is 0 Å². The molecule has 2 N–H and O–H groups in total. The number of likely N-dealkylation sites (tertiary alicyclic amines) is 1. The van der Waals surface area contributed by atoms with Gasteiger partial charge in [0.05, 0.1) is 24.6 Å². The van der Waals surface area contributed by atoms with Gasteiger partial charge >= 0.3 is 5.97 Å². The minimum absolute atomic E-state index is 0.00317. The molecule has 1 atom stereocenters. The second-order valence-corrected chi connectivity index (χ2v) is 7.24. The van der Waals surface area contributed by atoms with E-state index in [4.69, 9.17) is 10.5 Å². The van der Waals surface area contributed by atoms with Gasteiger partial charge in [0.2, 0.25) is 5.91 Å². The van der Waals surface area contributed by atoms with Crippen molar-refractivity contribution in [2.75, 3.05) is 25.4 Å². The zero-order valence-corrected chi connectivity index (χ0v) is 15.6.